The summed E-state index contributed by atoms with van der Waals surface area (Å²) in [6.07, 6.45) is 5.73. The zero-order valence-corrected chi connectivity index (χ0v) is 10.7. The number of aromatic nitrogens is 1. The van der Waals surface area contributed by atoms with Crippen molar-refractivity contribution < 1.29 is 4.74 Å². The van der Waals surface area contributed by atoms with Crippen LogP contribution in [0.3, 0.4) is 0 Å². The van der Waals surface area contributed by atoms with Crippen LogP contribution >= 0.6 is 0 Å². The number of nitrogens with two attached hydrogens (primary N) is 1. The van der Waals surface area contributed by atoms with Crippen molar-refractivity contribution in [2.45, 2.75) is 31.8 Å². The first kappa shape index (κ1) is 14.1. The molecule has 0 spiro atoms. The second-order valence-corrected chi connectivity index (χ2v) is 4.26. The molecule has 2 atom stereocenters. The summed E-state index contributed by atoms with van der Waals surface area (Å²) in [5.74, 6) is 0. The molecule has 96 valence electrons. The van der Waals surface area contributed by atoms with E-state index < -0.39 is 0 Å². The standard InChI is InChI=1S/C13H23N3O/c1-11(12-5-4-8-15-9-12)16-13(10-17-2)6-3-7-14/h4-5,8-9,11,13,16H,3,6-7,10,14H2,1-2H3/t11-,13?/m1/s1. The van der Waals surface area contributed by atoms with E-state index in [1.54, 1.807) is 13.3 Å². The van der Waals surface area contributed by atoms with Gasteiger partial charge in [0.15, 0.2) is 0 Å². The molecule has 0 radical (unpaired) electrons. The molecule has 1 unspecified atom stereocenters. The summed E-state index contributed by atoms with van der Waals surface area (Å²) in [5, 5.41) is 3.55. The van der Waals surface area contributed by atoms with Crippen LogP contribution in [0.25, 0.3) is 0 Å². The summed E-state index contributed by atoms with van der Waals surface area (Å²) in [5.41, 5.74) is 6.73. The Morgan fingerprint density at radius 3 is 2.94 bits per heavy atom. The molecule has 1 heterocycles. The van der Waals surface area contributed by atoms with Crippen molar-refractivity contribution in [2.24, 2.45) is 5.73 Å². The van der Waals surface area contributed by atoms with Crippen molar-refractivity contribution in [3.8, 4) is 0 Å². The molecule has 0 aliphatic heterocycles. The Morgan fingerprint density at radius 2 is 2.35 bits per heavy atom. The quantitative estimate of drug-likeness (QED) is 0.719. The van der Waals surface area contributed by atoms with Crippen molar-refractivity contribution in [1.29, 1.82) is 0 Å². The maximum Gasteiger partial charge on any atom is 0.0616 e. The van der Waals surface area contributed by atoms with E-state index in [2.05, 4.69) is 23.3 Å². The summed E-state index contributed by atoms with van der Waals surface area (Å²) >= 11 is 0. The fourth-order valence-electron chi connectivity index (χ4n) is 1.86. The van der Waals surface area contributed by atoms with Crippen molar-refractivity contribution in [2.75, 3.05) is 20.3 Å². The van der Waals surface area contributed by atoms with Crippen LogP contribution in [0.15, 0.2) is 24.5 Å². The van der Waals surface area contributed by atoms with Crippen LogP contribution in [0, 0.1) is 0 Å². The van der Waals surface area contributed by atoms with Gasteiger partial charge >= 0.3 is 0 Å². The van der Waals surface area contributed by atoms with Gasteiger partial charge in [0, 0.05) is 31.6 Å². The van der Waals surface area contributed by atoms with E-state index in [0.29, 0.717) is 12.6 Å². The molecule has 0 bridgehead atoms. The highest BCUT2D eigenvalue weighted by atomic mass is 16.5. The molecule has 1 aromatic rings. The molecule has 0 aromatic carbocycles. The normalized spacial score (nSPS) is 14.5. The maximum atomic E-state index is 5.54. The van der Waals surface area contributed by atoms with Gasteiger partial charge in [-0.25, -0.2) is 0 Å². The predicted octanol–water partition coefficient (Wildman–Crippen LogP) is 1.49. The zero-order chi connectivity index (χ0) is 12.5. The third-order valence-electron chi connectivity index (χ3n) is 2.79. The van der Waals surface area contributed by atoms with Crippen LogP contribution in [0.2, 0.25) is 0 Å². The molecule has 4 nitrogen and oxygen atoms in total. The number of hydrogen-bond donors (Lipinski definition) is 2. The SMILES string of the molecule is COCC(CCCN)N[C@H](C)c1cccnc1. The van der Waals surface area contributed by atoms with Gasteiger partial charge in [0.1, 0.15) is 0 Å². The molecule has 0 saturated carbocycles. The molecular weight excluding hydrogens is 214 g/mol. The summed E-state index contributed by atoms with van der Waals surface area (Å²) in [6, 6.07) is 4.66. The second-order valence-electron chi connectivity index (χ2n) is 4.26. The topological polar surface area (TPSA) is 60.2 Å². The fourth-order valence-corrected chi connectivity index (χ4v) is 1.86. The summed E-state index contributed by atoms with van der Waals surface area (Å²) in [4.78, 5) is 4.13. The van der Waals surface area contributed by atoms with Crippen molar-refractivity contribution in [1.82, 2.24) is 10.3 Å². The Kier molecular flexibility index (Phi) is 6.77. The van der Waals surface area contributed by atoms with Crippen molar-refractivity contribution in [3.05, 3.63) is 30.1 Å². The van der Waals surface area contributed by atoms with Gasteiger partial charge < -0.3 is 15.8 Å². The van der Waals surface area contributed by atoms with Crippen LogP contribution in [-0.2, 0) is 4.74 Å². The smallest absolute Gasteiger partial charge is 0.0616 e. The lowest BCUT2D eigenvalue weighted by atomic mass is 10.1. The highest BCUT2D eigenvalue weighted by molar-refractivity contribution is 5.12. The maximum absolute atomic E-state index is 5.54. The number of hydrogen-bond acceptors (Lipinski definition) is 4. The van der Waals surface area contributed by atoms with E-state index in [4.69, 9.17) is 10.5 Å². The molecule has 0 fully saturated rings. The molecule has 0 aliphatic rings. The van der Waals surface area contributed by atoms with Gasteiger partial charge in [-0.05, 0) is 37.9 Å². The molecule has 17 heavy (non-hydrogen) atoms. The number of pyridine rings is 1. The number of ether oxygens (including phenoxy) is 1. The largest absolute Gasteiger partial charge is 0.383 e. The zero-order valence-electron chi connectivity index (χ0n) is 10.7. The first-order chi connectivity index (χ1) is 8.27. The van der Waals surface area contributed by atoms with E-state index >= 15 is 0 Å². The monoisotopic (exact) mass is 237 g/mol. The van der Waals surface area contributed by atoms with Crippen LogP contribution in [0.5, 0.6) is 0 Å². The van der Waals surface area contributed by atoms with Gasteiger partial charge in [0.2, 0.25) is 0 Å². The molecule has 3 N–H and O–H groups in total. The van der Waals surface area contributed by atoms with Gasteiger partial charge in [0.25, 0.3) is 0 Å². The van der Waals surface area contributed by atoms with Crippen molar-refractivity contribution >= 4 is 0 Å². The minimum atomic E-state index is 0.279. The average Bonchev–Trinajstić information content (AvgIpc) is 2.37. The lowest BCUT2D eigenvalue weighted by molar-refractivity contribution is 0.156. The Bertz CT molecular complexity index is 292. The Morgan fingerprint density at radius 1 is 1.53 bits per heavy atom. The number of methoxy groups -OCH3 is 1. The molecule has 1 aromatic heterocycles. The van der Waals surface area contributed by atoms with Crippen LogP contribution < -0.4 is 11.1 Å². The van der Waals surface area contributed by atoms with Gasteiger partial charge in [-0.15, -0.1) is 0 Å². The number of rotatable bonds is 8. The predicted molar refractivity (Wildman–Crippen MR) is 69.7 cm³/mol. The van der Waals surface area contributed by atoms with Gasteiger partial charge in [-0.1, -0.05) is 6.07 Å². The molecule has 4 heteroatoms. The highest BCUT2D eigenvalue weighted by Gasteiger charge is 2.12. The van der Waals surface area contributed by atoms with E-state index in [0.717, 1.165) is 19.4 Å². The summed E-state index contributed by atoms with van der Waals surface area (Å²) < 4.78 is 5.22. The lowest BCUT2D eigenvalue weighted by Crippen LogP contribution is -2.35. The first-order valence-corrected chi connectivity index (χ1v) is 6.13. The van der Waals surface area contributed by atoms with Gasteiger partial charge in [0.05, 0.1) is 6.61 Å². The molecule has 0 amide bonds. The van der Waals surface area contributed by atoms with E-state index in [1.165, 1.54) is 5.56 Å². The molecule has 1 rings (SSSR count). The highest BCUT2D eigenvalue weighted by Crippen LogP contribution is 2.12. The minimum absolute atomic E-state index is 0.279. The lowest BCUT2D eigenvalue weighted by Gasteiger charge is -2.22. The average molecular weight is 237 g/mol. The fraction of sp³-hybridized carbons (Fsp3) is 0.615. The Hall–Kier alpha value is -0.970. The van der Waals surface area contributed by atoms with Crippen LogP contribution in [0.4, 0.5) is 0 Å². The Balaban J connectivity index is 2.48. The van der Waals surface area contributed by atoms with E-state index in [9.17, 15) is 0 Å². The number of nitrogens with zero attached hydrogens (tertiary/aromatic N) is 1. The van der Waals surface area contributed by atoms with E-state index in [-0.39, 0.29) is 6.04 Å². The van der Waals surface area contributed by atoms with Crippen LogP contribution in [0.1, 0.15) is 31.4 Å². The molecule has 0 aliphatic carbocycles. The molecular formula is C13H23N3O. The van der Waals surface area contributed by atoms with Gasteiger partial charge in [-0.3, -0.25) is 4.98 Å². The van der Waals surface area contributed by atoms with Crippen molar-refractivity contribution in [3.63, 3.8) is 0 Å². The van der Waals surface area contributed by atoms with E-state index in [1.807, 2.05) is 12.3 Å². The third-order valence-corrected chi connectivity index (χ3v) is 2.79. The third kappa shape index (κ3) is 5.26. The first-order valence-electron chi connectivity index (χ1n) is 6.13. The Labute approximate surface area is 104 Å². The second kappa shape index (κ2) is 8.17. The molecule has 0 saturated heterocycles. The van der Waals surface area contributed by atoms with Gasteiger partial charge in [-0.2, -0.15) is 0 Å². The summed E-state index contributed by atoms with van der Waals surface area (Å²) in [6.45, 7) is 3.58. The van der Waals surface area contributed by atoms with Crippen LogP contribution in [-0.4, -0.2) is 31.3 Å². The minimum Gasteiger partial charge on any atom is -0.383 e. The number of nitrogens with one attached hydrogen (secondary N) is 1. The summed E-state index contributed by atoms with van der Waals surface area (Å²) in [7, 11) is 1.73.